The third-order valence-electron chi connectivity index (χ3n) is 4.02. The fourth-order valence-electron chi connectivity index (χ4n) is 2.91. The predicted octanol–water partition coefficient (Wildman–Crippen LogP) is 2.77. The topological polar surface area (TPSA) is 70.8 Å². The Morgan fingerprint density at radius 3 is 2.81 bits per heavy atom. The summed E-state index contributed by atoms with van der Waals surface area (Å²) in [6.45, 7) is 2.64. The fraction of sp³-hybridized carbons (Fsp3) is 0.625. The number of likely N-dealkylation sites (tertiary alicyclic amines) is 1. The van der Waals surface area contributed by atoms with E-state index >= 15 is 0 Å². The van der Waals surface area contributed by atoms with Crippen molar-refractivity contribution < 1.29 is 19.1 Å². The molecular weight excluding hydrogens is 270 g/mol. The Balaban J connectivity index is 1.87. The number of carbonyl (C=O) groups excluding carboxylic acids is 1. The minimum Gasteiger partial charge on any atom is -0.481 e. The third-order valence-corrected chi connectivity index (χ3v) is 4.02. The highest BCUT2D eigenvalue weighted by Crippen LogP contribution is 2.22. The van der Waals surface area contributed by atoms with Gasteiger partial charge in [-0.3, -0.25) is 9.59 Å². The molecule has 5 heteroatoms. The molecule has 1 aliphatic rings. The van der Waals surface area contributed by atoms with E-state index in [0.29, 0.717) is 19.3 Å². The van der Waals surface area contributed by atoms with Crippen molar-refractivity contribution in [2.24, 2.45) is 0 Å². The predicted molar refractivity (Wildman–Crippen MR) is 78.0 cm³/mol. The van der Waals surface area contributed by atoms with E-state index in [9.17, 15) is 9.59 Å². The van der Waals surface area contributed by atoms with Gasteiger partial charge >= 0.3 is 5.97 Å². The van der Waals surface area contributed by atoms with Gasteiger partial charge < -0.3 is 14.4 Å². The number of rotatable bonds is 6. The van der Waals surface area contributed by atoms with Crippen molar-refractivity contribution in [2.45, 2.75) is 57.9 Å². The Bertz CT molecular complexity index is 494. The second-order valence-corrected chi connectivity index (χ2v) is 5.68. The molecule has 1 aliphatic heterocycles. The van der Waals surface area contributed by atoms with E-state index in [1.165, 1.54) is 0 Å². The van der Waals surface area contributed by atoms with Gasteiger partial charge in [-0.2, -0.15) is 0 Å². The molecule has 0 bridgehead atoms. The lowest BCUT2D eigenvalue weighted by Crippen LogP contribution is -2.44. The van der Waals surface area contributed by atoms with E-state index in [2.05, 4.69) is 0 Å². The van der Waals surface area contributed by atoms with Crippen LogP contribution in [0, 0.1) is 6.92 Å². The van der Waals surface area contributed by atoms with Crippen LogP contribution in [0.2, 0.25) is 0 Å². The maximum atomic E-state index is 12.4. The monoisotopic (exact) mass is 293 g/mol. The Hall–Kier alpha value is -1.78. The Labute approximate surface area is 124 Å². The molecule has 1 aromatic heterocycles. The van der Waals surface area contributed by atoms with Gasteiger partial charge in [-0.05, 0) is 44.7 Å². The van der Waals surface area contributed by atoms with Crippen LogP contribution in [0.25, 0.3) is 0 Å². The van der Waals surface area contributed by atoms with E-state index in [1.54, 1.807) is 0 Å². The first kappa shape index (κ1) is 15.6. The molecule has 1 atom stereocenters. The van der Waals surface area contributed by atoms with E-state index in [1.807, 2.05) is 24.0 Å². The van der Waals surface area contributed by atoms with Crippen LogP contribution in [-0.2, 0) is 16.0 Å². The number of aryl methyl sites for hydroxylation is 2. The number of aliphatic carboxylic acids is 1. The molecule has 0 saturated carbocycles. The summed E-state index contributed by atoms with van der Waals surface area (Å²) < 4.78 is 5.48. The lowest BCUT2D eigenvalue weighted by Gasteiger charge is -2.35. The lowest BCUT2D eigenvalue weighted by molar-refractivity contribution is -0.140. The summed E-state index contributed by atoms with van der Waals surface area (Å²) in [6.07, 6.45) is 4.72. The van der Waals surface area contributed by atoms with Crippen LogP contribution >= 0.6 is 0 Å². The molecule has 1 fully saturated rings. The van der Waals surface area contributed by atoms with Crippen LogP contribution in [0.3, 0.4) is 0 Å². The molecule has 0 aliphatic carbocycles. The van der Waals surface area contributed by atoms with Gasteiger partial charge in [0.05, 0.1) is 0 Å². The van der Waals surface area contributed by atoms with Gasteiger partial charge in [0.15, 0.2) is 0 Å². The first-order valence-electron chi connectivity index (χ1n) is 7.63. The molecular formula is C16H23NO4. The molecule has 1 N–H and O–H groups in total. The van der Waals surface area contributed by atoms with Crippen LogP contribution in [0.4, 0.5) is 0 Å². The van der Waals surface area contributed by atoms with Crippen LogP contribution in [0.1, 0.15) is 50.0 Å². The summed E-state index contributed by atoms with van der Waals surface area (Å²) in [4.78, 5) is 25.0. The second kappa shape index (κ2) is 7.29. The highest BCUT2D eigenvalue weighted by Gasteiger charge is 2.26. The van der Waals surface area contributed by atoms with Gasteiger partial charge in [-0.1, -0.05) is 0 Å². The van der Waals surface area contributed by atoms with Crippen molar-refractivity contribution >= 4 is 11.9 Å². The molecule has 1 saturated heterocycles. The minimum absolute atomic E-state index is 0.0840. The summed E-state index contributed by atoms with van der Waals surface area (Å²) in [5.41, 5.74) is 0. The number of furan rings is 1. The average molecular weight is 293 g/mol. The molecule has 116 valence electrons. The smallest absolute Gasteiger partial charge is 0.303 e. The molecule has 21 heavy (non-hydrogen) atoms. The zero-order chi connectivity index (χ0) is 15.2. The maximum Gasteiger partial charge on any atom is 0.303 e. The van der Waals surface area contributed by atoms with Crippen LogP contribution < -0.4 is 0 Å². The van der Waals surface area contributed by atoms with Crippen molar-refractivity contribution in [3.63, 3.8) is 0 Å². The lowest BCUT2D eigenvalue weighted by atomic mass is 9.97. The summed E-state index contributed by atoms with van der Waals surface area (Å²) in [5, 5.41) is 8.81. The zero-order valence-corrected chi connectivity index (χ0v) is 12.5. The van der Waals surface area contributed by atoms with Crippen molar-refractivity contribution in [3.8, 4) is 0 Å². The van der Waals surface area contributed by atoms with Crippen LogP contribution in [-0.4, -0.2) is 34.5 Å². The molecule has 1 amide bonds. The van der Waals surface area contributed by atoms with Crippen molar-refractivity contribution in [3.05, 3.63) is 23.7 Å². The molecule has 0 radical (unpaired) electrons. The standard InChI is InChI=1S/C16H23NO4/c1-12-5-7-14(21-12)8-9-15(18)17-11-3-2-4-13(17)6-10-16(19)20/h5,7,13H,2-4,6,8-11H2,1H3,(H,19,20)/t13-/m0/s1. The maximum absolute atomic E-state index is 12.4. The normalized spacial score (nSPS) is 18.7. The van der Waals surface area contributed by atoms with E-state index in [-0.39, 0.29) is 18.4 Å². The second-order valence-electron chi connectivity index (χ2n) is 5.68. The van der Waals surface area contributed by atoms with Gasteiger partial charge in [-0.25, -0.2) is 0 Å². The number of amides is 1. The van der Waals surface area contributed by atoms with Crippen molar-refractivity contribution in [2.75, 3.05) is 6.54 Å². The molecule has 2 heterocycles. The van der Waals surface area contributed by atoms with Crippen LogP contribution in [0.5, 0.6) is 0 Å². The molecule has 0 unspecified atom stereocenters. The van der Waals surface area contributed by atoms with Gasteiger partial charge in [-0.15, -0.1) is 0 Å². The summed E-state index contributed by atoms with van der Waals surface area (Å²) in [5.74, 6) is 1.01. The number of carboxylic acids is 1. The Morgan fingerprint density at radius 1 is 1.33 bits per heavy atom. The average Bonchev–Trinajstić information content (AvgIpc) is 2.88. The number of hydrogen-bond acceptors (Lipinski definition) is 3. The molecule has 5 nitrogen and oxygen atoms in total. The molecule has 0 aromatic carbocycles. The number of hydrogen-bond donors (Lipinski definition) is 1. The quantitative estimate of drug-likeness (QED) is 0.875. The summed E-state index contributed by atoms with van der Waals surface area (Å²) >= 11 is 0. The first-order valence-corrected chi connectivity index (χ1v) is 7.63. The van der Waals surface area contributed by atoms with E-state index in [4.69, 9.17) is 9.52 Å². The number of carbonyl (C=O) groups is 2. The van der Waals surface area contributed by atoms with Gasteiger partial charge in [0, 0.05) is 31.8 Å². The fourth-order valence-corrected chi connectivity index (χ4v) is 2.91. The van der Waals surface area contributed by atoms with Crippen LogP contribution in [0.15, 0.2) is 16.5 Å². The minimum atomic E-state index is -0.793. The van der Waals surface area contributed by atoms with Crippen molar-refractivity contribution in [1.29, 1.82) is 0 Å². The van der Waals surface area contributed by atoms with Gasteiger partial charge in [0.2, 0.25) is 5.91 Å². The Morgan fingerprint density at radius 2 is 2.14 bits per heavy atom. The van der Waals surface area contributed by atoms with E-state index in [0.717, 1.165) is 37.3 Å². The molecule has 1 aromatic rings. The van der Waals surface area contributed by atoms with Crippen molar-refractivity contribution in [1.82, 2.24) is 4.90 Å². The first-order chi connectivity index (χ1) is 10.1. The number of nitrogens with zero attached hydrogens (tertiary/aromatic N) is 1. The zero-order valence-electron chi connectivity index (χ0n) is 12.5. The number of piperidine rings is 1. The summed E-state index contributed by atoms with van der Waals surface area (Å²) in [7, 11) is 0. The highest BCUT2D eigenvalue weighted by atomic mass is 16.4. The molecule has 0 spiro atoms. The number of carboxylic acid groups (broad SMARTS) is 1. The Kier molecular flexibility index (Phi) is 5.42. The largest absolute Gasteiger partial charge is 0.481 e. The van der Waals surface area contributed by atoms with Gasteiger partial charge in [0.1, 0.15) is 11.5 Å². The highest BCUT2D eigenvalue weighted by molar-refractivity contribution is 5.77. The van der Waals surface area contributed by atoms with E-state index < -0.39 is 5.97 Å². The van der Waals surface area contributed by atoms with Gasteiger partial charge in [0.25, 0.3) is 0 Å². The molecule has 2 rings (SSSR count). The third kappa shape index (κ3) is 4.62. The summed E-state index contributed by atoms with van der Waals surface area (Å²) in [6, 6.07) is 3.89. The SMILES string of the molecule is Cc1ccc(CCC(=O)N2CCCC[C@H]2CCC(=O)O)o1.